The quantitative estimate of drug-likeness (QED) is 0.704. The molecule has 0 radical (unpaired) electrons. The average Bonchev–Trinajstić information content (AvgIpc) is 2.67. The Hall–Kier alpha value is -1.06. The molecule has 0 bridgehead atoms. The van der Waals surface area contributed by atoms with E-state index < -0.39 is 0 Å². The van der Waals surface area contributed by atoms with Gasteiger partial charge in [-0.25, -0.2) is 0 Å². The Kier molecular flexibility index (Phi) is 4.97. The van der Waals surface area contributed by atoms with Crippen LogP contribution in [0.2, 0.25) is 0 Å². The van der Waals surface area contributed by atoms with E-state index in [0.29, 0.717) is 25.4 Å². The lowest BCUT2D eigenvalue weighted by molar-refractivity contribution is -0.146. The molecule has 98 valence electrons. The van der Waals surface area contributed by atoms with Crippen LogP contribution in [0, 0.1) is 17.8 Å². The van der Waals surface area contributed by atoms with E-state index >= 15 is 0 Å². The third kappa shape index (κ3) is 3.72. The molecule has 0 N–H and O–H groups in total. The minimum Gasteiger partial charge on any atom is -0.469 e. The first kappa shape index (κ1) is 14.0. The first-order chi connectivity index (χ1) is 7.95. The van der Waals surface area contributed by atoms with Crippen LogP contribution in [-0.2, 0) is 14.3 Å². The SMILES string of the molecule is COC(=O)C1CN(C(=O)CCC(C)C)CC1C. The zero-order chi connectivity index (χ0) is 13.0. The number of hydrogen-bond acceptors (Lipinski definition) is 3. The zero-order valence-corrected chi connectivity index (χ0v) is 11.2. The number of ether oxygens (including phenoxy) is 1. The van der Waals surface area contributed by atoms with Crippen LogP contribution in [0.4, 0.5) is 0 Å². The Morgan fingerprint density at radius 1 is 1.35 bits per heavy atom. The summed E-state index contributed by atoms with van der Waals surface area (Å²) in [5.74, 6) is 0.553. The van der Waals surface area contributed by atoms with Crippen molar-refractivity contribution in [3.05, 3.63) is 0 Å². The lowest BCUT2D eigenvalue weighted by Gasteiger charge is -2.16. The van der Waals surface area contributed by atoms with E-state index in [1.54, 1.807) is 4.90 Å². The highest BCUT2D eigenvalue weighted by molar-refractivity contribution is 5.79. The normalized spacial score (nSPS) is 24.2. The molecule has 0 spiro atoms. The number of hydrogen-bond donors (Lipinski definition) is 0. The van der Waals surface area contributed by atoms with E-state index in [2.05, 4.69) is 13.8 Å². The lowest BCUT2D eigenvalue weighted by atomic mass is 9.99. The van der Waals surface area contributed by atoms with Crippen molar-refractivity contribution in [1.29, 1.82) is 0 Å². The molecule has 4 heteroatoms. The lowest BCUT2D eigenvalue weighted by Crippen LogP contribution is -2.30. The van der Waals surface area contributed by atoms with Crippen LogP contribution in [0.25, 0.3) is 0 Å². The second-order valence-corrected chi connectivity index (χ2v) is 5.34. The maximum Gasteiger partial charge on any atom is 0.310 e. The molecule has 1 amide bonds. The monoisotopic (exact) mass is 241 g/mol. The van der Waals surface area contributed by atoms with Crippen molar-refractivity contribution < 1.29 is 14.3 Å². The van der Waals surface area contributed by atoms with E-state index in [9.17, 15) is 9.59 Å². The van der Waals surface area contributed by atoms with E-state index in [1.165, 1.54) is 7.11 Å². The van der Waals surface area contributed by atoms with Gasteiger partial charge >= 0.3 is 5.97 Å². The smallest absolute Gasteiger partial charge is 0.310 e. The van der Waals surface area contributed by atoms with Crippen LogP contribution in [0.15, 0.2) is 0 Å². The van der Waals surface area contributed by atoms with Crippen LogP contribution < -0.4 is 0 Å². The van der Waals surface area contributed by atoms with Gasteiger partial charge in [0.2, 0.25) is 5.91 Å². The van der Waals surface area contributed by atoms with Gasteiger partial charge in [-0.3, -0.25) is 9.59 Å². The number of likely N-dealkylation sites (tertiary alicyclic amines) is 1. The highest BCUT2D eigenvalue weighted by atomic mass is 16.5. The van der Waals surface area contributed by atoms with Gasteiger partial charge in [-0.05, 0) is 18.3 Å². The Morgan fingerprint density at radius 3 is 2.53 bits per heavy atom. The standard InChI is InChI=1S/C13H23NO3/c1-9(2)5-6-12(15)14-7-10(3)11(8-14)13(16)17-4/h9-11H,5-8H2,1-4H3. The van der Waals surface area contributed by atoms with Crippen molar-refractivity contribution in [2.75, 3.05) is 20.2 Å². The third-order valence-electron chi connectivity index (χ3n) is 3.40. The number of nitrogens with zero attached hydrogens (tertiary/aromatic N) is 1. The second-order valence-electron chi connectivity index (χ2n) is 5.34. The number of methoxy groups -OCH3 is 1. The Labute approximate surface area is 103 Å². The summed E-state index contributed by atoms with van der Waals surface area (Å²) in [5.41, 5.74) is 0. The molecule has 0 aromatic rings. The second kappa shape index (κ2) is 6.03. The van der Waals surface area contributed by atoms with E-state index in [1.807, 2.05) is 6.92 Å². The Balaban J connectivity index is 2.48. The maximum absolute atomic E-state index is 11.9. The molecule has 1 saturated heterocycles. The number of rotatable bonds is 4. The first-order valence-electron chi connectivity index (χ1n) is 6.31. The summed E-state index contributed by atoms with van der Waals surface area (Å²) in [6.07, 6.45) is 1.49. The molecule has 1 rings (SSSR count). The Bertz CT molecular complexity index is 288. The molecule has 1 aliphatic heterocycles. The molecule has 2 atom stereocenters. The van der Waals surface area contributed by atoms with Gasteiger partial charge in [-0.2, -0.15) is 0 Å². The molecule has 1 heterocycles. The number of amides is 1. The molecule has 0 aliphatic carbocycles. The van der Waals surface area contributed by atoms with Crippen LogP contribution in [0.3, 0.4) is 0 Å². The van der Waals surface area contributed by atoms with Crippen LogP contribution in [0.5, 0.6) is 0 Å². The van der Waals surface area contributed by atoms with Gasteiger partial charge in [-0.15, -0.1) is 0 Å². The topological polar surface area (TPSA) is 46.6 Å². The van der Waals surface area contributed by atoms with Gasteiger partial charge in [-0.1, -0.05) is 20.8 Å². The summed E-state index contributed by atoms with van der Waals surface area (Å²) in [6, 6.07) is 0. The number of carbonyl (C=O) groups is 2. The Morgan fingerprint density at radius 2 is 2.00 bits per heavy atom. The fourth-order valence-electron chi connectivity index (χ4n) is 2.20. The summed E-state index contributed by atoms with van der Waals surface area (Å²) in [5, 5.41) is 0. The fraction of sp³-hybridized carbons (Fsp3) is 0.846. The van der Waals surface area contributed by atoms with Crippen molar-refractivity contribution >= 4 is 11.9 Å². The largest absolute Gasteiger partial charge is 0.469 e. The molecule has 1 aliphatic rings. The minimum atomic E-state index is -0.198. The van der Waals surface area contributed by atoms with Crippen molar-refractivity contribution in [1.82, 2.24) is 4.90 Å². The van der Waals surface area contributed by atoms with Gasteiger partial charge in [0.15, 0.2) is 0 Å². The summed E-state index contributed by atoms with van der Waals surface area (Å²) >= 11 is 0. The minimum absolute atomic E-state index is 0.150. The van der Waals surface area contributed by atoms with Crippen LogP contribution in [-0.4, -0.2) is 37.0 Å². The predicted octanol–water partition coefficient (Wildman–Crippen LogP) is 1.69. The van der Waals surface area contributed by atoms with Gasteiger partial charge in [0.1, 0.15) is 0 Å². The van der Waals surface area contributed by atoms with E-state index in [0.717, 1.165) is 6.42 Å². The zero-order valence-electron chi connectivity index (χ0n) is 11.2. The predicted molar refractivity (Wildman–Crippen MR) is 65.3 cm³/mol. The van der Waals surface area contributed by atoms with Crippen molar-refractivity contribution in [3.63, 3.8) is 0 Å². The van der Waals surface area contributed by atoms with E-state index in [-0.39, 0.29) is 23.7 Å². The maximum atomic E-state index is 11.9. The average molecular weight is 241 g/mol. The molecular formula is C13H23NO3. The number of carbonyl (C=O) groups excluding carboxylic acids is 2. The molecule has 0 aromatic carbocycles. The number of esters is 1. The molecule has 4 nitrogen and oxygen atoms in total. The highest BCUT2D eigenvalue weighted by Crippen LogP contribution is 2.25. The van der Waals surface area contributed by atoms with Gasteiger partial charge in [0, 0.05) is 19.5 Å². The summed E-state index contributed by atoms with van der Waals surface area (Å²) in [6.45, 7) is 7.41. The van der Waals surface area contributed by atoms with Crippen LogP contribution in [0.1, 0.15) is 33.6 Å². The molecule has 0 saturated carbocycles. The summed E-state index contributed by atoms with van der Waals surface area (Å²) in [4.78, 5) is 25.2. The van der Waals surface area contributed by atoms with Gasteiger partial charge in [0.05, 0.1) is 13.0 Å². The first-order valence-corrected chi connectivity index (χ1v) is 6.31. The molecule has 0 aromatic heterocycles. The van der Waals surface area contributed by atoms with Gasteiger partial charge < -0.3 is 9.64 Å². The molecule has 17 heavy (non-hydrogen) atoms. The third-order valence-corrected chi connectivity index (χ3v) is 3.40. The van der Waals surface area contributed by atoms with Gasteiger partial charge in [0.25, 0.3) is 0 Å². The van der Waals surface area contributed by atoms with Crippen LogP contribution >= 0.6 is 0 Å². The summed E-state index contributed by atoms with van der Waals surface area (Å²) < 4.78 is 4.75. The van der Waals surface area contributed by atoms with Crippen molar-refractivity contribution in [2.24, 2.45) is 17.8 Å². The van der Waals surface area contributed by atoms with E-state index in [4.69, 9.17) is 4.74 Å². The molecular weight excluding hydrogens is 218 g/mol. The fourth-order valence-corrected chi connectivity index (χ4v) is 2.20. The van der Waals surface area contributed by atoms with Crippen molar-refractivity contribution in [2.45, 2.75) is 33.6 Å². The molecule has 1 fully saturated rings. The van der Waals surface area contributed by atoms with Crippen molar-refractivity contribution in [3.8, 4) is 0 Å². The highest BCUT2D eigenvalue weighted by Gasteiger charge is 2.37. The summed E-state index contributed by atoms with van der Waals surface area (Å²) in [7, 11) is 1.40. The molecule has 2 unspecified atom stereocenters.